The summed E-state index contributed by atoms with van der Waals surface area (Å²) < 4.78 is 4.48. The van der Waals surface area contributed by atoms with Gasteiger partial charge in [0.1, 0.15) is 34.2 Å². The maximum Gasteiger partial charge on any atom is 0.144 e. The van der Waals surface area contributed by atoms with Gasteiger partial charge in [0, 0.05) is 86.5 Å². The minimum Gasteiger partial charge on any atom is -0.656 e. The van der Waals surface area contributed by atoms with Crippen LogP contribution in [-0.2, 0) is 42.1 Å². The van der Waals surface area contributed by atoms with E-state index in [1.165, 1.54) is 43.8 Å². The zero-order valence-corrected chi connectivity index (χ0v) is 58.1. The van der Waals surface area contributed by atoms with Crippen LogP contribution in [0.1, 0.15) is 22.3 Å². The van der Waals surface area contributed by atoms with Crippen molar-refractivity contribution in [1.82, 2.24) is 39.0 Å². The number of aromatic nitrogens is 8. The zero-order valence-electron chi connectivity index (χ0n) is 53.5. The van der Waals surface area contributed by atoms with Gasteiger partial charge >= 0.3 is 0 Å². The Kier molecular flexibility index (Phi) is 15.3. The fraction of sp³-hybridized carbons (Fsp3) is 0.0465. The third-order valence-electron chi connectivity index (χ3n) is 18.8. The fourth-order valence-electron chi connectivity index (χ4n) is 14.6. The SMILES string of the molecule is Cc1cc(C)cc(-c2cc(-c3cccc4c3nc(-c3cccc5c3[n-]c3cc6ccccc6cc35)n4-c3ccccc3)nc3c(O)cccc23)c1.Cc1cc(C)cc(-n2c(-c3cccc4c3[n-]c3cc5ccccc5cc34)nc3c(-c4ccc5cccc(O)c5n4)cccc32)c1.[Pt].[Pt]. The van der Waals surface area contributed by atoms with Crippen molar-refractivity contribution < 1.29 is 52.3 Å². The summed E-state index contributed by atoms with van der Waals surface area (Å²) in [5.41, 5.74) is 22.6. The van der Waals surface area contributed by atoms with E-state index in [0.29, 0.717) is 11.0 Å². The number of pyridine rings is 2. The van der Waals surface area contributed by atoms with Crippen molar-refractivity contribution in [2.75, 3.05) is 0 Å². The summed E-state index contributed by atoms with van der Waals surface area (Å²) in [6.45, 7) is 8.49. The monoisotopic (exact) mass is 1620 g/mol. The summed E-state index contributed by atoms with van der Waals surface area (Å²) in [5.74, 6) is 1.94. The van der Waals surface area contributed by atoms with Crippen LogP contribution < -0.4 is 9.97 Å². The van der Waals surface area contributed by atoms with E-state index < -0.39 is 0 Å². The van der Waals surface area contributed by atoms with Crippen LogP contribution in [0, 0.1) is 27.7 Å². The van der Waals surface area contributed by atoms with Crippen LogP contribution in [0.15, 0.2) is 267 Å². The molecule has 0 spiro atoms. The molecule has 0 unspecified atom stereocenters. The number of hydrogen-bond acceptors (Lipinski definition) is 6. The molecule has 0 aliphatic heterocycles. The van der Waals surface area contributed by atoms with E-state index in [2.05, 4.69) is 249 Å². The Morgan fingerprint density at radius 2 is 0.735 bits per heavy atom. The van der Waals surface area contributed by atoms with E-state index in [9.17, 15) is 10.2 Å². The molecule has 0 bridgehead atoms. The van der Waals surface area contributed by atoms with Crippen molar-refractivity contribution in [2.45, 2.75) is 27.7 Å². The summed E-state index contributed by atoms with van der Waals surface area (Å²) in [7, 11) is 0. The first-order valence-corrected chi connectivity index (χ1v) is 32.3. The number of phenols is 2. The first-order valence-electron chi connectivity index (χ1n) is 32.3. The van der Waals surface area contributed by atoms with Gasteiger partial charge in [-0.1, -0.05) is 205 Å². The summed E-state index contributed by atoms with van der Waals surface area (Å²) in [6, 6.07) is 91.8. The maximum atomic E-state index is 11.1. The quantitative estimate of drug-likeness (QED) is 0.161. The van der Waals surface area contributed by atoms with E-state index in [1.54, 1.807) is 12.1 Å². The molecule has 0 saturated heterocycles. The molecule has 98 heavy (non-hydrogen) atoms. The minimum atomic E-state index is 0. The summed E-state index contributed by atoms with van der Waals surface area (Å²) in [6.07, 6.45) is 0. The Morgan fingerprint density at radius 3 is 1.31 bits per heavy atom. The van der Waals surface area contributed by atoms with Crippen molar-refractivity contribution in [3.05, 3.63) is 289 Å². The molecule has 0 atom stereocenters. The van der Waals surface area contributed by atoms with Gasteiger partial charge in [0.25, 0.3) is 0 Å². The second-order valence-corrected chi connectivity index (χ2v) is 25.3. The van der Waals surface area contributed by atoms with Crippen molar-refractivity contribution in [2.24, 2.45) is 0 Å². The van der Waals surface area contributed by atoms with Crippen LogP contribution in [0.4, 0.5) is 0 Å². The van der Waals surface area contributed by atoms with Crippen LogP contribution >= 0.6 is 0 Å². The van der Waals surface area contributed by atoms with Crippen molar-refractivity contribution >= 4 is 109 Å². The largest absolute Gasteiger partial charge is 0.656 e. The number of aryl methyl sites for hydroxylation is 4. The normalized spacial score (nSPS) is 11.6. The van der Waals surface area contributed by atoms with Crippen LogP contribution in [0.2, 0.25) is 0 Å². The summed E-state index contributed by atoms with van der Waals surface area (Å²) in [4.78, 5) is 31.3. The van der Waals surface area contributed by atoms with Crippen LogP contribution in [0.3, 0.4) is 0 Å². The summed E-state index contributed by atoms with van der Waals surface area (Å²) in [5, 5.41) is 32.7. The molecular formula is C86H58N8O2Pt2-2. The number of rotatable bonds is 7. The molecule has 12 heteroatoms. The molecule has 2 N–H and O–H groups in total. The second-order valence-electron chi connectivity index (χ2n) is 25.3. The molecule has 19 rings (SSSR count). The average Bonchev–Trinajstić information content (AvgIpc) is 1.56. The number of benzene rings is 13. The van der Waals surface area contributed by atoms with E-state index in [4.69, 9.17) is 29.9 Å². The molecule has 6 aromatic heterocycles. The molecule has 476 valence electrons. The smallest absolute Gasteiger partial charge is 0.144 e. The Hall–Kier alpha value is -11.3. The fourth-order valence-corrected chi connectivity index (χ4v) is 14.6. The van der Waals surface area contributed by atoms with E-state index in [0.717, 1.165) is 144 Å². The van der Waals surface area contributed by atoms with Crippen molar-refractivity contribution in [3.63, 3.8) is 0 Å². The van der Waals surface area contributed by atoms with Crippen LogP contribution in [0.25, 0.3) is 177 Å². The van der Waals surface area contributed by atoms with Gasteiger partial charge in [0.15, 0.2) is 0 Å². The molecule has 10 nitrogen and oxygen atoms in total. The maximum absolute atomic E-state index is 11.1. The van der Waals surface area contributed by atoms with E-state index in [-0.39, 0.29) is 53.6 Å². The topological polar surface area (TPSA) is 130 Å². The number of nitrogens with zero attached hydrogens (tertiary/aromatic N) is 8. The molecule has 0 aliphatic carbocycles. The van der Waals surface area contributed by atoms with Gasteiger partial charge in [0.05, 0.1) is 33.5 Å². The molecule has 0 radical (unpaired) electrons. The number of hydrogen-bond donors (Lipinski definition) is 2. The Labute approximate surface area is 592 Å². The number of imidazole rings is 2. The molecule has 19 aromatic rings. The third-order valence-corrected chi connectivity index (χ3v) is 18.8. The minimum absolute atomic E-state index is 0. The van der Waals surface area contributed by atoms with Gasteiger partial charge in [-0.15, -0.1) is 22.1 Å². The molecule has 0 saturated carbocycles. The zero-order chi connectivity index (χ0) is 64.4. The molecular weight excluding hydrogens is 1570 g/mol. The number of fused-ring (bicyclic) bond motifs is 12. The van der Waals surface area contributed by atoms with Gasteiger partial charge in [0.2, 0.25) is 0 Å². The molecule has 0 amide bonds. The predicted octanol–water partition coefficient (Wildman–Crippen LogP) is 21.0. The van der Waals surface area contributed by atoms with Crippen LogP contribution in [0.5, 0.6) is 11.5 Å². The number of para-hydroxylation sites is 7. The number of aromatic hydroxyl groups is 2. The average molecular weight is 1630 g/mol. The Bertz CT molecular complexity index is 6400. The number of phenolic OH excluding ortho intramolecular Hbond substituents is 2. The molecule has 13 aromatic carbocycles. The van der Waals surface area contributed by atoms with Gasteiger partial charge in [-0.05, 0) is 166 Å². The van der Waals surface area contributed by atoms with Crippen LogP contribution in [-0.4, -0.2) is 39.3 Å². The standard InChI is InChI=1S/C46H31N4O.C40H27N4O.2Pt/c1-27-21-28(2)23-31(22-27)37-26-40(48-45-33(37)16-10-20-42(45)51)35-17-9-19-41-44(35)49-46(50(41)32-13-4-3-5-14-32)36-18-8-15-34-38-24-29-11-6-7-12-30(29)25-39(38)47-43(34)36;1-23-18-24(2)20-28(19-23)44-35-14-7-12-30(33-17-16-25-10-5-15-36(45)37(25)41-33)39(35)43-40(44)31-13-6-11-29-32-21-26-8-3-4-9-27(26)22-34(32)42-38(29)31;;/h3-26H,1-2H3,(H-,47,48,49,51);3-22H,1-2H3,(H-,41,42,43,45);;/q2*-1;;. The van der Waals surface area contributed by atoms with Gasteiger partial charge in [-0.3, -0.25) is 9.13 Å². The second kappa shape index (κ2) is 24.4. The molecule has 0 aliphatic rings. The molecule has 6 heterocycles. The van der Waals surface area contributed by atoms with Gasteiger partial charge in [-0.25, -0.2) is 19.9 Å². The first kappa shape index (κ1) is 61.6. The van der Waals surface area contributed by atoms with Crippen molar-refractivity contribution in [3.8, 4) is 79.3 Å². The van der Waals surface area contributed by atoms with Crippen molar-refractivity contribution in [1.29, 1.82) is 0 Å². The van der Waals surface area contributed by atoms with E-state index >= 15 is 0 Å². The predicted molar refractivity (Wildman–Crippen MR) is 394 cm³/mol. The third kappa shape index (κ3) is 10.3. The Balaban J connectivity index is 0.000000151. The van der Waals surface area contributed by atoms with Gasteiger partial charge in [-0.2, -0.15) is 0 Å². The van der Waals surface area contributed by atoms with E-state index in [1.807, 2.05) is 42.5 Å². The summed E-state index contributed by atoms with van der Waals surface area (Å²) >= 11 is 0. The molecule has 0 fully saturated rings. The van der Waals surface area contributed by atoms with Gasteiger partial charge < -0.3 is 20.2 Å². The Morgan fingerprint density at radius 1 is 0.296 bits per heavy atom. The first-order chi connectivity index (χ1) is 47.0.